The summed E-state index contributed by atoms with van der Waals surface area (Å²) in [6.07, 6.45) is 2.11. The van der Waals surface area contributed by atoms with Crippen LogP contribution in [0.25, 0.3) is 0 Å². The van der Waals surface area contributed by atoms with Gasteiger partial charge in [0.15, 0.2) is 0 Å². The molecule has 1 fully saturated rings. The summed E-state index contributed by atoms with van der Waals surface area (Å²) in [7, 11) is 0. The topological polar surface area (TPSA) is 102 Å². The summed E-state index contributed by atoms with van der Waals surface area (Å²) in [6, 6.07) is 9.31. The maximum atomic E-state index is 12.1. The minimum atomic E-state index is -0.516. The number of thioether (sulfide) groups is 1. The number of nitrogens with one attached hydrogen (secondary N) is 2. The normalized spacial score (nSPS) is 14.9. The molecule has 0 unspecified atom stereocenters. The van der Waals surface area contributed by atoms with Gasteiger partial charge in [-0.3, -0.25) is 10.1 Å². The van der Waals surface area contributed by atoms with E-state index >= 15 is 0 Å². The van der Waals surface area contributed by atoms with Crippen molar-refractivity contribution in [2.24, 2.45) is 0 Å². The van der Waals surface area contributed by atoms with Crippen molar-refractivity contribution in [3.8, 4) is 0 Å². The van der Waals surface area contributed by atoms with E-state index in [0.29, 0.717) is 17.7 Å². The molecular weight excluding hydrogens is 328 g/mol. The molecule has 9 heteroatoms. The SMILES string of the molecule is C[C@H](Sc1nnnn1C1CC1)C(=O)NC(=O)NCc1ccccc1. The molecule has 126 valence electrons. The molecule has 2 N–H and O–H groups in total. The quantitative estimate of drug-likeness (QED) is 0.769. The van der Waals surface area contributed by atoms with Crippen LogP contribution >= 0.6 is 11.8 Å². The minimum Gasteiger partial charge on any atom is -0.334 e. The second kappa shape index (κ2) is 7.43. The van der Waals surface area contributed by atoms with Crippen LogP contribution in [0.4, 0.5) is 4.79 Å². The lowest BCUT2D eigenvalue weighted by atomic mass is 10.2. The molecule has 0 aliphatic heterocycles. The largest absolute Gasteiger partial charge is 0.334 e. The number of aromatic nitrogens is 4. The van der Waals surface area contributed by atoms with E-state index in [2.05, 4.69) is 26.2 Å². The van der Waals surface area contributed by atoms with Crippen LogP contribution in [0.5, 0.6) is 0 Å². The Bertz CT molecular complexity index is 716. The van der Waals surface area contributed by atoms with Gasteiger partial charge in [0.2, 0.25) is 11.1 Å². The van der Waals surface area contributed by atoms with Crippen molar-refractivity contribution in [1.29, 1.82) is 0 Å². The van der Waals surface area contributed by atoms with Gasteiger partial charge in [0.25, 0.3) is 0 Å². The second-order valence-corrected chi connectivity index (χ2v) is 6.86. The number of tetrazole rings is 1. The number of carbonyl (C=O) groups excluding carboxylic acids is 2. The van der Waals surface area contributed by atoms with Crippen molar-refractivity contribution in [2.45, 2.75) is 42.8 Å². The summed E-state index contributed by atoms with van der Waals surface area (Å²) in [5.41, 5.74) is 0.964. The summed E-state index contributed by atoms with van der Waals surface area (Å²) in [5, 5.41) is 16.7. The Kier molecular flexibility index (Phi) is 5.09. The molecule has 1 atom stereocenters. The molecule has 0 saturated heterocycles. The Morgan fingerprint density at radius 3 is 2.79 bits per heavy atom. The highest BCUT2D eigenvalue weighted by Gasteiger charge is 2.29. The lowest BCUT2D eigenvalue weighted by molar-refractivity contribution is -0.119. The Morgan fingerprint density at radius 2 is 2.08 bits per heavy atom. The number of nitrogens with zero attached hydrogens (tertiary/aromatic N) is 4. The van der Waals surface area contributed by atoms with Gasteiger partial charge in [-0.15, -0.1) is 5.10 Å². The summed E-state index contributed by atoms with van der Waals surface area (Å²) in [5.74, 6) is -0.379. The molecule has 0 bridgehead atoms. The fourth-order valence-corrected chi connectivity index (χ4v) is 2.92. The van der Waals surface area contributed by atoms with Gasteiger partial charge in [-0.05, 0) is 35.8 Å². The Morgan fingerprint density at radius 1 is 1.33 bits per heavy atom. The number of urea groups is 1. The molecule has 3 amide bonds. The standard InChI is InChI=1S/C15H18N6O2S/c1-10(24-15-18-19-20-21(15)12-7-8-12)13(22)17-14(23)16-9-11-5-3-2-4-6-11/h2-6,10,12H,7-9H2,1H3,(H2,16,17,22,23)/t10-/m0/s1. The van der Waals surface area contributed by atoms with E-state index in [1.165, 1.54) is 11.8 Å². The van der Waals surface area contributed by atoms with Crippen LogP contribution in [0, 0.1) is 0 Å². The lowest BCUT2D eigenvalue weighted by Crippen LogP contribution is -2.42. The van der Waals surface area contributed by atoms with Crippen LogP contribution in [-0.2, 0) is 11.3 Å². The van der Waals surface area contributed by atoms with Gasteiger partial charge in [-0.25, -0.2) is 9.48 Å². The summed E-state index contributed by atoms with van der Waals surface area (Å²) >= 11 is 1.24. The Hall–Kier alpha value is -2.42. The molecule has 1 aromatic carbocycles. The fourth-order valence-electron chi connectivity index (χ4n) is 2.06. The number of benzene rings is 1. The predicted molar refractivity (Wildman–Crippen MR) is 88.2 cm³/mol. The van der Waals surface area contributed by atoms with Crippen molar-refractivity contribution < 1.29 is 9.59 Å². The molecular formula is C15H18N6O2S. The smallest absolute Gasteiger partial charge is 0.321 e. The molecule has 3 rings (SSSR count). The monoisotopic (exact) mass is 346 g/mol. The van der Waals surface area contributed by atoms with Crippen LogP contribution in [0.2, 0.25) is 0 Å². The van der Waals surface area contributed by atoms with Crippen LogP contribution in [0.1, 0.15) is 31.4 Å². The first-order chi connectivity index (χ1) is 11.6. The summed E-state index contributed by atoms with van der Waals surface area (Å²) in [4.78, 5) is 23.9. The summed E-state index contributed by atoms with van der Waals surface area (Å²) < 4.78 is 1.74. The fraction of sp³-hybridized carbons (Fsp3) is 0.400. The maximum Gasteiger partial charge on any atom is 0.321 e. The number of carbonyl (C=O) groups is 2. The molecule has 0 spiro atoms. The summed E-state index contributed by atoms with van der Waals surface area (Å²) in [6.45, 7) is 2.08. The Labute approximate surface area is 143 Å². The highest BCUT2D eigenvalue weighted by molar-refractivity contribution is 8.00. The van der Waals surface area contributed by atoms with E-state index in [-0.39, 0.29) is 5.91 Å². The zero-order chi connectivity index (χ0) is 16.9. The van der Waals surface area contributed by atoms with E-state index in [9.17, 15) is 9.59 Å². The van der Waals surface area contributed by atoms with Crippen LogP contribution in [0.15, 0.2) is 35.5 Å². The second-order valence-electron chi connectivity index (χ2n) is 5.55. The molecule has 2 aromatic rings. The predicted octanol–water partition coefficient (Wildman–Crippen LogP) is 1.51. The molecule has 1 aliphatic rings. The van der Waals surface area contributed by atoms with E-state index < -0.39 is 11.3 Å². The van der Waals surface area contributed by atoms with Crippen LogP contribution < -0.4 is 10.6 Å². The van der Waals surface area contributed by atoms with Gasteiger partial charge in [0.1, 0.15) is 0 Å². The average molecular weight is 346 g/mol. The van der Waals surface area contributed by atoms with Gasteiger partial charge in [0, 0.05) is 6.54 Å². The molecule has 1 aromatic heterocycles. The van der Waals surface area contributed by atoms with Crippen molar-refractivity contribution in [3.63, 3.8) is 0 Å². The van der Waals surface area contributed by atoms with Crippen LogP contribution in [0.3, 0.4) is 0 Å². The molecule has 1 aliphatic carbocycles. The van der Waals surface area contributed by atoms with Gasteiger partial charge < -0.3 is 5.32 Å². The molecule has 8 nitrogen and oxygen atoms in total. The average Bonchev–Trinajstić information content (AvgIpc) is 3.33. The van der Waals surface area contributed by atoms with Gasteiger partial charge in [0.05, 0.1) is 11.3 Å². The highest BCUT2D eigenvalue weighted by Crippen LogP contribution is 2.37. The zero-order valence-electron chi connectivity index (χ0n) is 13.2. The lowest BCUT2D eigenvalue weighted by Gasteiger charge is -2.11. The zero-order valence-corrected chi connectivity index (χ0v) is 14.0. The van der Waals surface area contributed by atoms with Crippen LogP contribution in [-0.4, -0.2) is 37.4 Å². The first-order valence-corrected chi connectivity index (χ1v) is 8.58. The van der Waals surface area contributed by atoms with Crippen molar-refractivity contribution in [2.75, 3.05) is 0 Å². The number of hydrogen-bond acceptors (Lipinski definition) is 6. The Balaban J connectivity index is 1.46. The van der Waals surface area contributed by atoms with Gasteiger partial charge >= 0.3 is 6.03 Å². The molecule has 1 saturated carbocycles. The van der Waals surface area contributed by atoms with E-state index in [0.717, 1.165) is 18.4 Å². The van der Waals surface area contributed by atoms with Crippen molar-refractivity contribution in [1.82, 2.24) is 30.8 Å². The van der Waals surface area contributed by atoms with Gasteiger partial charge in [-0.2, -0.15) is 0 Å². The number of amides is 3. The number of imide groups is 1. The maximum absolute atomic E-state index is 12.1. The number of hydrogen-bond donors (Lipinski definition) is 2. The van der Waals surface area contributed by atoms with Gasteiger partial charge in [-0.1, -0.05) is 42.1 Å². The minimum absolute atomic E-state index is 0.340. The third-order valence-electron chi connectivity index (χ3n) is 3.54. The molecule has 1 heterocycles. The van der Waals surface area contributed by atoms with E-state index in [1.54, 1.807) is 11.6 Å². The first-order valence-electron chi connectivity index (χ1n) is 7.70. The third kappa shape index (κ3) is 4.31. The molecule has 24 heavy (non-hydrogen) atoms. The van der Waals surface area contributed by atoms with E-state index in [1.807, 2.05) is 30.3 Å². The third-order valence-corrected chi connectivity index (χ3v) is 4.59. The molecule has 0 radical (unpaired) electrons. The van der Waals surface area contributed by atoms with E-state index in [4.69, 9.17) is 0 Å². The highest BCUT2D eigenvalue weighted by atomic mass is 32.2. The number of rotatable bonds is 6. The van der Waals surface area contributed by atoms with Crippen molar-refractivity contribution in [3.05, 3.63) is 35.9 Å². The van der Waals surface area contributed by atoms with Crippen molar-refractivity contribution >= 4 is 23.7 Å². The first kappa shape index (κ1) is 16.4.